The second-order valence-corrected chi connectivity index (χ2v) is 9.79. The molecule has 2 fully saturated rings. The number of pyridine rings is 1. The molecule has 2 heterocycles. The van der Waals surface area contributed by atoms with Crippen LogP contribution in [0.25, 0.3) is 11.1 Å². The highest BCUT2D eigenvalue weighted by Gasteiger charge is 2.39. The van der Waals surface area contributed by atoms with Crippen LogP contribution in [0.15, 0.2) is 42.7 Å². The van der Waals surface area contributed by atoms with Gasteiger partial charge in [-0.3, -0.25) is 14.6 Å². The lowest BCUT2D eigenvalue weighted by Crippen LogP contribution is -2.55. The lowest BCUT2D eigenvalue weighted by atomic mass is 9.83. The second-order valence-electron chi connectivity index (χ2n) is 9.79. The van der Waals surface area contributed by atoms with E-state index in [2.05, 4.69) is 21.7 Å². The number of hydrogen-bond acceptors (Lipinski definition) is 5. The summed E-state index contributed by atoms with van der Waals surface area (Å²) < 4.78 is 5.55. The average Bonchev–Trinajstić information content (AvgIpc) is 3.41. The smallest absolute Gasteiger partial charge is 0.245 e. The average molecular weight is 479 g/mol. The van der Waals surface area contributed by atoms with E-state index in [1.807, 2.05) is 48.5 Å². The molecule has 0 bridgehead atoms. The topological polar surface area (TPSA) is 83.6 Å². The van der Waals surface area contributed by atoms with Gasteiger partial charge in [-0.2, -0.15) is 0 Å². The van der Waals surface area contributed by atoms with Crippen molar-refractivity contribution in [1.82, 2.24) is 20.5 Å². The number of hydrogen-bond donors (Lipinski definition) is 2. The first kappa shape index (κ1) is 25.2. The third kappa shape index (κ3) is 5.67. The van der Waals surface area contributed by atoms with Crippen molar-refractivity contribution in [3.63, 3.8) is 0 Å². The summed E-state index contributed by atoms with van der Waals surface area (Å²) in [4.78, 5) is 33.3. The summed E-state index contributed by atoms with van der Waals surface area (Å²) in [5, 5.41) is 6.11. The Bertz CT molecular complexity index is 1020. The maximum absolute atomic E-state index is 14.0. The predicted molar refractivity (Wildman–Crippen MR) is 137 cm³/mol. The lowest BCUT2D eigenvalue weighted by molar-refractivity contribution is -0.139. The van der Waals surface area contributed by atoms with Gasteiger partial charge in [-0.25, -0.2) is 0 Å². The van der Waals surface area contributed by atoms with Crippen LogP contribution in [-0.4, -0.2) is 54.5 Å². The Morgan fingerprint density at radius 2 is 1.86 bits per heavy atom. The number of carbonyl (C=O) groups is 2. The number of nitrogens with one attached hydrogen (secondary N) is 2. The molecule has 1 aromatic carbocycles. The van der Waals surface area contributed by atoms with Gasteiger partial charge in [0.2, 0.25) is 11.8 Å². The molecule has 2 aromatic rings. The third-order valence-electron chi connectivity index (χ3n) is 7.61. The van der Waals surface area contributed by atoms with Crippen LogP contribution in [0, 0.1) is 5.92 Å². The molecule has 2 amide bonds. The molecule has 0 radical (unpaired) electrons. The maximum Gasteiger partial charge on any atom is 0.245 e. The van der Waals surface area contributed by atoms with Gasteiger partial charge in [0.05, 0.1) is 19.2 Å². The Morgan fingerprint density at radius 3 is 2.60 bits per heavy atom. The normalized spacial score (nSPS) is 20.3. The van der Waals surface area contributed by atoms with E-state index in [4.69, 9.17) is 4.74 Å². The van der Waals surface area contributed by atoms with E-state index in [0.29, 0.717) is 6.54 Å². The Kier molecular flexibility index (Phi) is 8.39. The molecule has 2 aliphatic rings. The summed E-state index contributed by atoms with van der Waals surface area (Å²) in [7, 11) is 3.43. The molecule has 4 rings (SSSR count). The first-order valence-corrected chi connectivity index (χ1v) is 12.9. The number of aromatic nitrogens is 1. The summed E-state index contributed by atoms with van der Waals surface area (Å²) in [6, 6.07) is 9.15. The van der Waals surface area contributed by atoms with Crippen molar-refractivity contribution in [2.24, 2.45) is 5.92 Å². The van der Waals surface area contributed by atoms with Crippen molar-refractivity contribution in [3.05, 3.63) is 48.3 Å². The largest absolute Gasteiger partial charge is 0.496 e. The van der Waals surface area contributed by atoms with Gasteiger partial charge in [-0.15, -0.1) is 0 Å². The van der Waals surface area contributed by atoms with Crippen molar-refractivity contribution in [2.45, 2.75) is 70.0 Å². The number of likely N-dealkylation sites (tertiary alicyclic amines) is 1. The minimum atomic E-state index is -0.482. The maximum atomic E-state index is 14.0. The highest BCUT2D eigenvalue weighted by molar-refractivity contribution is 5.90. The fourth-order valence-electron chi connectivity index (χ4n) is 5.48. The Morgan fingerprint density at radius 1 is 1.09 bits per heavy atom. The molecule has 3 atom stereocenters. The van der Waals surface area contributed by atoms with Gasteiger partial charge >= 0.3 is 0 Å². The number of nitrogens with zero attached hydrogens (tertiary/aromatic N) is 2. The fourth-order valence-corrected chi connectivity index (χ4v) is 5.48. The van der Waals surface area contributed by atoms with Crippen LogP contribution in [-0.2, 0) is 9.59 Å². The van der Waals surface area contributed by atoms with Crippen LogP contribution in [0.3, 0.4) is 0 Å². The van der Waals surface area contributed by atoms with Crippen molar-refractivity contribution in [3.8, 4) is 16.9 Å². The zero-order chi connectivity index (χ0) is 24.8. The van der Waals surface area contributed by atoms with Crippen molar-refractivity contribution < 1.29 is 14.3 Å². The number of ether oxygens (including phenoxy) is 1. The number of likely N-dealkylation sites (N-methyl/N-ethyl adjacent to an activating group) is 1. The number of benzene rings is 1. The summed E-state index contributed by atoms with van der Waals surface area (Å²) in [6.45, 7) is 2.52. The van der Waals surface area contributed by atoms with Gasteiger partial charge in [0, 0.05) is 30.1 Å². The number of methoxy groups -OCH3 is 1. The van der Waals surface area contributed by atoms with Crippen LogP contribution in [0.2, 0.25) is 0 Å². The highest BCUT2D eigenvalue weighted by Crippen LogP contribution is 2.37. The Balaban J connectivity index is 1.60. The molecule has 3 unspecified atom stereocenters. The molecule has 1 aromatic heterocycles. The lowest BCUT2D eigenvalue weighted by Gasteiger charge is -2.35. The van der Waals surface area contributed by atoms with E-state index >= 15 is 0 Å². The van der Waals surface area contributed by atoms with Crippen LogP contribution < -0.4 is 15.4 Å². The van der Waals surface area contributed by atoms with Crippen molar-refractivity contribution in [2.75, 3.05) is 20.7 Å². The number of para-hydroxylation sites is 1. The molecule has 35 heavy (non-hydrogen) atoms. The monoisotopic (exact) mass is 478 g/mol. The van der Waals surface area contributed by atoms with Gasteiger partial charge in [0.1, 0.15) is 11.8 Å². The summed E-state index contributed by atoms with van der Waals surface area (Å²) in [6.07, 6.45) is 10.9. The zero-order valence-corrected chi connectivity index (χ0v) is 21.1. The standard InChI is InChI=1S/C28H38N4O3/c1-19(29-2)27(33)31-26(20-10-5-4-6-11-20)28(34)32-15-9-13-24(32)22-16-21(17-30-18-22)23-12-7-8-14-25(23)35-3/h7-8,12,14,16-20,24,26,29H,4-6,9-11,13,15H2,1-3H3,(H,31,33). The van der Waals surface area contributed by atoms with E-state index < -0.39 is 6.04 Å². The second kappa shape index (κ2) is 11.7. The van der Waals surface area contributed by atoms with E-state index in [1.54, 1.807) is 14.2 Å². The third-order valence-corrected chi connectivity index (χ3v) is 7.61. The molecule has 2 N–H and O–H groups in total. The van der Waals surface area contributed by atoms with Gasteiger partial charge in [-0.1, -0.05) is 37.5 Å². The molecule has 1 aliphatic heterocycles. The van der Waals surface area contributed by atoms with Crippen LogP contribution in [0.5, 0.6) is 5.75 Å². The molecular weight excluding hydrogens is 440 g/mol. The highest BCUT2D eigenvalue weighted by atomic mass is 16.5. The molecular formula is C28H38N4O3. The number of amides is 2. The Labute approximate surface area is 208 Å². The van der Waals surface area contributed by atoms with Crippen molar-refractivity contribution >= 4 is 11.8 Å². The molecule has 1 saturated heterocycles. The van der Waals surface area contributed by atoms with Crippen molar-refractivity contribution in [1.29, 1.82) is 0 Å². The first-order valence-electron chi connectivity index (χ1n) is 12.9. The van der Waals surface area contributed by atoms with Crippen LogP contribution in [0.1, 0.15) is 63.5 Å². The van der Waals surface area contributed by atoms with Gasteiger partial charge in [-0.05, 0) is 63.3 Å². The van der Waals surface area contributed by atoms with Crippen LogP contribution >= 0.6 is 0 Å². The SMILES string of the molecule is CNC(C)C(=O)NC(C(=O)N1CCCC1c1cncc(-c2ccccc2OC)c1)C1CCCCC1. The van der Waals surface area contributed by atoms with E-state index in [0.717, 1.165) is 61.0 Å². The van der Waals surface area contributed by atoms with Crippen LogP contribution in [0.4, 0.5) is 0 Å². The first-order chi connectivity index (χ1) is 17.0. The minimum absolute atomic E-state index is 0.0405. The fraction of sp³-hybridized carbons (Fsp3) is 0.536. The zero-order valence-electron chi connectivity index (χ0n) is 21.1. The van der Waals surface area contributed by atoms with E-state index in [1.165, 1.54) is 6.42 Å². The molecule has 1 aliphatic carbocycles. The van der Waals surface area contributed by atoms with E-state index in [9.17, 15) is 9.59 Å². The molecule has 7 nitrogen and oxygen atoms in total. The summed E-state index contributed by atoms with van der Waals surface area (Å²) in [5.41, 5.74) is 2.98. The quantitative estimate of drug-likeness (QED) is 0.597. The number of carbonyl (C=O) groups excluding carboxylic acids is 2. The molecule has 188 valence electrons. The molecule has 0 spiro atoms. The summed E-state index contributed by atoms with van der Waals surface area (Å²) >= 11 is 0. The molecule has 1 saturated carbocycles. The predicted octanol–water partition coefficient (Wildman–Crippen LogP) is 4.09. The van der Waals surface area contributed by atoms with Gasteiger partial charge in [0.15, 0.2) is 0 Å². The van der Waals surface area contributed by atoms with Gasteiger partial charge < -0.3 is 20.3 Å². The minimum Gasteiger partial charge on any atom is -0.496 e. The Hall–Kier alpha value is -2.93. The van der Waals surface area contributed by atoms with E-state index in [-0.39, 0.29) is 29.8 Å². The summed E-state index contributed by atoms with van der Waals surface area (Å²) in [5.74, 6) is 0.902. The molecule has 7 heteroatoms. The number of rotatable bonds is 8. The van der Waals surface area contributed by atoms with Gasteiger partial charge in [0.25, 0.3) is 0 Å².